The van der Waals surface area contributed by atoms with Gasteiger partial charge in [-0.25, -0.2) is 4.79 Å². The van der Waals surface area contributed by atoms with E-state index >= 15 is 0 Å². The van der Waals surface area contributed by atoms with Crippen LogP contribution in [0.1, 0.15) is 22.8 Å². The van der Waals surface area contributed by atoms with Crippen molar-refractivity contribution >= 4 is 11.7 Å². The Balaban J connectivity index is 2.00. The number of pyridine rings is 2. The molecule has 0 aliphatic rings. The van der Waals surface area contributed by atoms with Crippen LogP contribution in [0.2, 0.25) is 0 Å². The van der Waals surface area contributed by atoms with Crippen LogP contribution in [0.5, 0.6) is 0 Å². The van der Waals surface area contributed by atoms with Gasteiger partial charge in [0.05, 0.1) is 24.1 Å². The van der Waals surface area contributed by atoms with E-state index in [-0.39, 0.29) is 5.97 Å². The number of ether oxygens (including phenoxy) is 1. The third kappa shape index (κ3) is 4.27. The summed E-state index contributed by atoms with van der Waals surface area (Å²) >= 11 is 0. The van der Waals surface area contributed by atoms with Gasteiger partial charge in [-0.1, -0.05) is 0 Å². The van der Waals surface area contributed by atoms with Crippen molar-refractivity contribution in [1.29, 1.82) is 0 Å². The van der Waals surface area contributed by atoms with E-state index in [2.05, 4.69) is 14.9 Å². The molecule has 0 saturated heterocycles. The zero-order valence-corrected chi connectivity index (χ0v) is 12.3. The molecule has 0 aromatic carbocycles. The summed E-state index contributed by atoms with van der Waals surface area (Å²) in [6.45, 7) is 2.98. The maximum atomic E-state index is 11.7. The second kappa shape index (κ2) is 7.38. The van der Waals surface area contributed by atoms with Gasteiger partial charge in [-0.15, -0.1) is 0 Å². The molecular formula is C16H19N3O2. The van der Waals surface area contributed by atoms with Crippen LogP contribution in [0, 0.1) is 0 Å². The third-order valence-electron chi connectivity index (χ3n) is 3.16. The first-order chi connectivity index (χ1) is 10.2. The third-order valence-corrected chi connectivity index (χ3v) is 3.16. The van der Waals surface area contributed by atoms with Crippen molar-refractivity contribution in [2.24, 2.45) is 0 Å². The summed E-state index contributed by atoms with van der Waals surface area (Å²) < 4.78 is 4.99. The lowest BCUT2D eigenvalue weighted by molar-refractivity contribution is 0.0526. The Bertz CT molecular complexity index is 587. The first-order valence-electron chi connectivity index (χ1n) is 6.93. The monoisotopic (exact) mass is 285 g/mol. The molecule has 2 aromatic rings. The lowest BCUT2D eigenvalue weighted by atomic mass is 10.2. The number of esters is 1. The summed E-state index contributed by atoms with van der Waals surface area (Å²) in [5.41, 5.74) is 2.60. The fourth-order valence-electron chi connectivity index (χ4n) is 1.94. The van der Waals surface area contributed by atoms with E-state index < -0.39 is 0 Å². The van der Waals surface area contributed by atoms with Crippen LogP contribution in [-0.2, 0) is 11.2 Å². The smallest absolute Gasteiger partial charge is 0.339 e. The van der Waals surface area contributed by atoms with Crippen molar-refractivity contribution < 1.29 is 9.53 Å². The average molecular weight is 285 g/mol. The van der Waals surface area contributed by atoms with Gasteiger partial charge in [0.2, 0.25) is 0 Å². The quantitative estimate of drug-likeness (QED) is 0.762. The summed E-state index contributed by atoms with van der Waals surface area (Å²) in [6, 6.07) is 5.81. The van der Waals surface area contributed by atoms with Crippen LogP contribution in [0.3, 0.4) is 0 Å². The van der Waals surface area contributed by atoms with E-state index in [4.69, 9.17) is 4.74 Å². The Morgan fingerprint density at radius 3 is 2.71 bits per heavy atom. The van der Waals surface area contributed by atoms with Gasteiger partial charge in [-0.05, 0) is 37.1 Å². The lowest BCUT2D eigenvalue weighted by Gasteiger charge is -2.19. The van der Waals surface area contributed by atoms with Crippen molar-refractivity contribution in [1.82, 2.24) is 9.97 Å². The van der Waals surface area contributed by atoms with E-state index in [0.717, 1.165) is 18.7 Å². The molecule has 2 heterocycles. The first kappa shape index (κ1) is 15.0. The molecule has 2 aromatic heterocycles. The minimum atomic E-state index is -0.339. The maximum absolute atomic E-state index is 11.7. The number of carbonyl (C=O) groups is 1. The van der Waals surface area contributed by atoms with Crippen molar-refractivity contribution in [3.63, 3.8) is 0 Å². The Morgan fingerprint density at radius 1 is 1.24 bits per heavy atom. The molecule has 0 fully saturated rings. The number of likely N-dealkylation sites (N-methyl/N-ethyl adjacent to an activating group) is 1. The zero-order chi connectivity index (χ0) is 15.1. The number of aromatic nitrogens is 2. The van der Waals surface area contributed by atoms with Crippen LogP contribution in [-0.4, -0.2) is 36.1 Å². The molecule has 21 heavy (non-hydrogen) atoms. The van der Waals surface area contributed by atoms with E-state index in [1.807, 2.05) is 19.2 Å². The molecule has 0 amide bonds. The molecule has 0 saturated carbocycles. The van der Waals surface area contributed by atoms with Gasteiger partial charge in [-0.3, -0.25) is 9.97 Å². The average Bonchev–Trinajstić information content (AvgIpc) is 2.54. The highest BCUT2D eigenvalue weighted by Crippen LogP contribution is 2.14. The minimum Gasteiger partial charge on any atom is -0.462 e. The molecule has 0 aliphatic heterocycles. The van der Waals surface area contributed by atoms with E-state index in [9.17, 15) is 4.79 Å². The van der Waals surface area contributed by atoms with Crippen molar-refractivity contribution in [2.45, 2.75) is 13.3 Å². The van der Waals surface area contributed by atoms with E-state index in [1.165, 1.54) is 11.8 Å². The molecule has 5 heteroatoms. The predicted molar refractivity (Wildman–Crippen MR) is 81.4 cm³/mol. The maximum Gasteiger partial charge on any atom is 0.339 e. The second-order valence-corrected chi connectivity index (χ2v) is 4.68. The van der Waals surface area contributed by atoms with Gasteiger partial charge in [-0.2, -0.15) is 0 Å². The SMILES string of the molecule is CCOC(=O)c1cncc(N(C)CCc2ccncc2)c1. The van der Waals surface area contributed by atoms with Gasteiger partial charge >= 0.3 is 5.97 Å². The molecule has 0 bridgehead atoms. The van der Waals surface area contributed by atoms with Crippen LogP contribution in [0.4, 0.5) is 5.69 Å². The van der Waals surface area contributed by atoms with Crippen LogP contribution in [0.25, 0.3) is 0 Å². The molecule has 0 unspecified atom stereocenters. The molecule has 2 rings (SSSR count). The number of carbonyl (C=O) groups excluding carboxylic acids is 1. The first-order valence-corrected chi connectivity index (χ1v) is 6.93. The summed E-state index contributed by atoms with van der Waals surface area (Å²) in [5.74, 6) is -0.339. The second-order valence-electron chi connectivity index (χ2n) is 4.68. The molecule has 0 radical (unpaired) electrons. The molecule has 0 atom stereocenters. The molecule has 5 nitrogen and oxygen atoms in total. The van der Waals surface area contributed by atoms with Gasteiger partial charge in [0.25, 0.3) is 0 Å². The highest BCUT2D eigenvalue weighted by atomic mass is 16.5. The van der Waals surface area contributed by atoms with Crippen molar-refractivity contribution in [3.05, 3.63) is 54.1 Å². The summed E-state index contributed by atoms with van der Waals surface area (Å²) in [4.78, 5) is 21.9. The molecule has 0 aliphatic carbocycles. The topological polar surface area (TPSA) is 55.3 Å². The largest absolute Gasteiger partial charge is 0.462 e. The number of anilines is 1. The zero-order valence-electron chi connectivity index (χ0n) is 12.3. The molecule has 0 N–H and O–H groups in total. The number of hydrogen-bond acceptors (Lipinski definition) is 5. The van der Waals surface area contributed by atoms with Crippen molar-refractivity contribution in [2.75, 3.05) is 25.1 Å². The van der Waals surface area contributed by atoms with Gasteiger partial charge < -0.3 is 9.64 Å². The van der Waals surface area contributed by atoms with Crippen LogP contribution in [0.15, 0.2) is 43.0 Å². The number of hydrogen-bond donors (Lipinski definition) is 0. The lowest BCUT2D eigenvalue weighted by Crippen LogP contribution is -2.21. The molecule has 110 valence electrons. The minimum absolute atomic E-state index is 0.339. The number of nitrogens with zero attached hydrogens (tertiary/aromatic N) is 3. The van der Waals surface area contributed by atoms with Gasteiger partial charge in [0.15, 0.2) is 0 Å². The number of rotatable bonds is 6. The van der Waals surface area contributed by atoms with Gasteiger partial charge in [0, 0.05) is 32.2 Å². The Morgan fingerprint density at radius 2 is 2.00 bits per heavy atom. The van der Waals surface area contributed by atoms with E-state index in [0.29, 0.717) is 12.2 Å². The normalized spacial score (nSPS) is 10.2. The Labute approximate surface area is 124 Å². The Hall–Kier alpha value is -2.43. The highest BCUT2D eigenvalue weighted by molar-refractivity contribution is 5.90. The Kier molecular flexibility index (Phi) is 5.26. The van der Waals surface area contributed by atoms with Crippen molar-refractivity contribution in [3.8, 4) is 0 Å². The van der Waals surface area contributed by atoms with Crippen LogP contribution >= 0.6 is 0 Å². The molecular weight excluding hydrogens is 266 g/mol. The summed E-state index contributed by atoms with van der Waals surface area (Å²) in [5, 5.41) is 0. The highest BCUT2D eigenvalue weighted by Gasteiger charge is 2.09. The van der Waals surface area contributed by atoms with Gasteiger partial charge in [0.1, 0.15) is 0 Å². The standard InChI is InChI=1S/C16H19N3O2/c1-3-21-16(20)14-10-15(12-18-11-14)19(2)9-6-13-4-7-17-8-5-13/h4-5,7-8,10-12H,3,6,9H2,1-2H3. The summed E-state index contributed by atoms with van der Waals surface area (Å²) in [6.07, 6.45) is 7.76. The van der Waals surface area contributed by atoms with Crippen LogP contribution < -0.4 is 4.90 Å². The molecule has 0 spiro atoms. The fourth-order valence-corrected chi connectivity index (χ4v) is 1.94. The van der Waals surface area contributed by atoms with E-state index in [1.54, 1.807) is 31.6 Å². The summed E-state index contributed by atoms with van der Waals surface area (Å²) in [7, 11) is 1.98. The predicted octanol–water partition coefficient (Wildman–Crippen LogP) is 2.33. The fraction of sp³-hybridized carbons (Fsp3) is 0.312.